The van der Waals surface area contributed by atoms with Gasteiger partial charge in [0.15, 0.2) is 0 Å². The molecular formula is C14H13FN2O. The summed E-state index contributed by atoms with van der Waals surface area (Å²) in [5.74, 6) is -0.631. The molecule has 2 aromatic rings. The highest BCUT2D eigenvalue weighted by atomic mass is 19.1. The Morgan fingerprint density at radius 1 is 1.17 bits per heavy atom. The standard InChI is InChI=1S/C14H13FN2O/c1-9-12(15)3-2-4-13(9)17-14(18)10-5-7-11(16)8-6-10/h2-8H,16H2,1H3,(H,17,18). The Balaban J connectivity index is 2.21. The van der Waals surface area contributed by atoms with Gasteiger partial charge < -0.3 is 11.1 Å². The average Bonchev–Trinajstić information content (AvgIpc) is 2.36. The third kappa shape index (κ3) is 2.48. The zero-order valence-corrected chi connectivity index (χ0v) is 9.91. The van der Waals surface area contributed by atoms with Gasteiger partial charge in [0.1, 0.15) is 5.82 Å². The van der Waals surface area contributed by atoms with E-state index in [1.54, 1.807) is 43.3 Å². The first-order valence-electron chi connectivity index (χ1n) is 5.50. The molecule has 4 heteroatoms. The van der Waals surface area contributed by atoms with Crippen molar-refractivity contribution in [3.05, 3.63) is 59.4 Å². The molecule has 3 N–H and O–H groups in total. The number of nitrogens with one attached hydrogen (secondary N) is 1. The van der Waals surface area contributed by atoms with Gasteiger partial charge in [0.05, 0.1) is 0 Å². The second-order valence-corrected chi connectivity index (χ2v) is 3.99. The predicted octanol–water partition coefficient (Wildman–Crippen LogP) is 2.97. The van der Waals surface area contributed by atoms with Crippen LogP contribution in [0.3, 0.4) is 0 Å². The van der Waals surface area contributed by atoms with Crippen LogP contribution >= 0.6 is 0 Å². The van der Waals surface area contributed by atoms with Gasteiger partial charge in [-0.05, 0) is 43.3 Å². The first-order valence-corrected chi connectivity index (χ1v) is 5.50. The lowest BCUT2D eigenvalue weighted by atomic mass is 10.1. The van der Waals surface area contributed by atoms with Gasteiger partial charge in [0.25, 0.3) is 5.91 Å². The Morgan fingerprint density at radius 3 is 2.50 bits per heavy atom. The van der Waals surface area contributed by atoms with Crippen molar-refractivity contribution < 1.29 is 9.18 Å². The zero-order chi connectivity index (χ0) is 13.1. The van der Waals surface area contributed by atoms with E-state index in [4.69, 9.17) is 5.73 Å². The molecule has 0 aliphatic carbocycles. The lowest BCUT2D eigenvalue weighted by molar-refractivity contribution is 0.102. The molecule has 0 spiro atoms. The number of benzene rings is 2. The van der Waals surface area contributed by atoms with Gasteiger partial charge in [-0.15, -0.1) is 0 Å². The smallest absolute Gasteiger partial charge is 0.255 e. The Hall–Kier alpha value is -2.36. The number of anilines is 2. The van der Waals surface area contributed by atoms with E-state index in [1.807, 2.05) is 0 Å². The highest BCUT2D eigenvalue weighted by molar-refractivity contribution is 6.04. The summed E-state index contributed by atoms with van der Waals surface area (Å²) in [6, 6.07) is 11.1. The minimum atomic E-state index is -0.342. The number of hydrogen-bond donors (Lipinski definition) is 2. The maximum atomic E-state index is 13.3. The molecule has 2 rings (SSSR count). The van der Waals surface area contributed by atoms with E-state index < -0.39 is 0 Å². The minimum absolute atomic E-state index is 0.288. The summed E-state index contributed by atoms with van der Waals surface area (Å²) in [6.07, 6.45) is 0. The molecule has 0 radical (unpaired) electrons. The van der Waals surface area contributed by atoms with Crippen molar-refractivity contribution in [3.63, 3.8) is 0 Å². The Morgan fingerprint density at radius 2 is 1.83 bits per heavy atom. The fourth-order valence-electron chi connectivity index (χ4n) is 1.57. The zero-order valence-electron chi connectivity index (χ0n) is 9.91. The molecule has 2 aromatic carbocycles. The van der Waals surface area contributed by atoms with Gasteiger partial charge >= 0.3 is 0 Å². The van der Waals surface area contributed by atoms with Crippen LogP contribution in [0.1, 0.15) is 15.9 Å². The van der Waals surface area contributed by atoms with E-state index in [0.29, 0.717) is 22.5 Å². The average molecular weight is 244 g/mol. The van der Waals surface area contributed by atoms with Crippen LogP contribution in [0.5, 0.6) is 0 Å². The third-order valence-electron chi connectivity index (χ3n) is 2.69. The van der Waals surface area contributed by atoms with Crippen LogP contribution in [0, 0.1) is 12.7 Å². The van der Waals surface area contributed by atoms with Crippen molar-refractivity contribution in [3.8, 4) is 0 Å². The second kappa shape index (κ2) is 4.87. The largest absolute Gasteiger partial charge is 0.399 e. The molecule has 0 aromatic heterocycles. The molecule has 1 amide bonds. The lowest BCUT2D eigenvalue weighted by Crippen LogP contribution is -2.13. The van der Waals surface area contributed by atoms with Crippen molar-refractivity contribution in [2.24, 2.45) is 0 Å². The predicted molar refractivity (Wildman–Crippen MR) is 69.9 cm³/mol. The second-order valence-electron chi connectivity index (χ2n) is 3.99. The quantitative estimate of drug-likeness (QED) is 0.798. The van der Waals surface area contributed by atoms with Crippen LogP contribution in [-0.4, -0.2) is 5.91 Å². The van der Waals surface area contributed by atoms with Gasteiger partial charge in [-0.1, -0.05) is 6.07 Å². The van der Waals surface area contributed by atoms with E-state index >= 15 is 0 Å². The molecule has 0 bridgehead atoms. The van der Waals surface area contributed by atoms with Gasteiger partial charge in [-0.2, -0.15) is 0 Å². The van der Waals surface area contributed by atoms with E-state index in [1.165, 1.54) is 6.07 Å². The summed E-state index contributed by atoms with van der Waals surface area (Å²) in [5.41, 5.74) is 7.50. The van der Waals surface area contributed by atoms with Crippen molar-refractivity contribution in [1.82, 2.24) is 0 Å². The van der Waals surface area contributed by atoms with Gasteiger partial charge in [0.2, 0.25) is 0 Å². The number of rotatable bonds is 2. The number of nitrogen functional groups attached to an aromatic ring is 1. The van der Waals surface area contributed by atoms with E-state index in [2.05, 4.69) is 5.32 Å². The maximum absolute atomic E-state index is 13.3. The number of carbonyl (C=O) groups excluding carboxylic acids is 1. The SMILES string of the molecule is Cc1c(F)cccc1NC(=O)c1ccc(N)cc1. The highest BCUT2D eigenvalue weighted by Crippen LogP contribution is 2.18. The summed E-state index contributed by atoms with van der Waals surface area (Å²) in [5, 5.41) is 2.67. The molecular weight excluding hydrogens is 231 g/mol. The molecule has 0 aliphatic rings. The Labute approximate surface area is 104 Å². The molecule has 0 unspecified atom stereocenters. The van der Waals surface area contributed by atoms with Crippen LogP contribution in [0.15, 0.2) is 42.5 Å². The lowest BCUT2D eigenvalue weighted by Gasteiger charge is -2.09. The number of halogens is 1. The van der Waals surface area contributed by atoms with Crippen molar-refractivity contribution in [1.29, 1.82) is 0 Å². The first-order chi connectivity index (χ1) is 8.58. The molecule has 0 aliphatic heterocycles. The third-order valence-corrected chi connectivity index (χ3v) is 2.69. The van der Waals surface area contributed by atoms with Gasteiger partial charge in [0, 0.05) is 22.5 Å². The van der Waals surface area contributed by atoms with E-state index in [9.17, 15) is 9.18 Å². The molecule has 18 heavy (non-hydrogen) atoms. The summed E-state index contributed by atoms with van der Waals surface area (Å²) in [6.45, 7) is 1.62. The number of nitrogens with two attached hydrogens (primary N) is 1. The minimum Gasteiger partial charge on any atom is -0.399 e. The number of amides is 1. The Kier molecular flexibility index (Phi) is 3.28. The molecule has 0 heterocycles. The van der Waals surface area contributed by atoms with Crippen LogP contribution < -0.4 is 11.1 Å². The maximum Gasteiger partial charge on any atom is 0.255 e. The Bertz CT molecular complexity index is 579. The molecule has 0 fully saturated rings. The topological polar surface area (TPSA) is 55.1 Å². The fraction of sp³-hybridized carbons (Fsp3) is 0.0714. The number of carbonyl (C=O) groups is 1. The molecule has 0 saturated heterocycles. The normalized spacial score (nSPS) is 10.1. The summed E-state index contributed by atoms with van der Waals surface area (Å²) in [7, 11) is 0. The molecule has 92 valence electrons. The first kappa shape index (κ1) is 12.1. The van der Waals surface area contributed by atoms with Crippen molar-refractivity contribution in [2.75, 3.05) is 11.1 Å². The van der Waals surface area contributed by atoms with Crippen LogP contribution in [0.2, 0.25) is 0 Å². The fourth-order valence-corrected chi connectivity index (χ4v) is 1.57. The van der Waals surface area contributed by atoms with Gasteiger partial charge in [-0.25, -0.2) is 4.39 Å². The summed E-state index contributed by atoms with van der Waals surface area (Å²) >= 11 is 0. The van der Waals surface area contributed by atoms with Crippen LogP contribution in [0.4, 0.5) is 15.8 Å². The number of hydrogen-bond acceptors (Lipinski definition) is 2. The van der Waals surface area contributed by atoms with Crippen LogP contribution in [-0.2, 0) is 0 Å². The van der Waals surface area contributed by atoms with E-state index in [0.717, 1.165) is 0 Å². The molecule has 0 atom stereocenters. The van der Waals surface area contributed by atoms with Gasteiger partial charge in [-0.3, -0.25) is 4.79 Å². The molecule has 3 nitrogen and oxygen atoms in total. The van der Waals surface area contributed by atoms with Crippen molar-refractivity contribution >= 4 is 17.3 Å². The van der Waals surface area contributed by atoms with E-state index in [-0.39, 0.29) is 11.7 Å². The highest BCUT2D eigenvalue weighted by Gasteiger charge is 2.09. The summed E-state index contributed by atoms with van der Waals surface area (Å²) in [4.78, 5) is 11.9. The van der Waals surface area contributed by atoms with Crippen molar-refractivity contribution in [2.45, 2.75) is 6.92 Å². The summed E-state index contributed by atoms with van der Waals surface area (Å²) < 4.78 is 13.3. The van der Waals surface area contributed by atoms with Crippen LogP contribution in [0.25, 0.3) is 0 Å². The molecule has 0 saturated carbocycles. The monoisotopic (exact) mass is 244 g/mol.